The predicted molar refractivity (Wildman–Crippen MR) is 61.9 cm³/mol. The van der Waals surface area contributed by atoms with Gasteiger partial charge in [0.2, 0.25) is 0 Å². The van der Waals surface area contributed by atoms with E-state index in [1.54, 1.807) is 0 Å². The van der Waals surface area contributed by atoms with Crippen molar-refractivity contribution in [1.29, 1.82) is 0 Å². The van der Waals surface area contributed by atoms with E-state index in [2.05, 4.69) is 25.7 Å². The predicted octanol–water partition coefficient (Wildman–Crippen LogP) is 4.87. The van der Waals surface area contributed by atoms with Crippen LogP contribution in [0.2, 0.25) is 0 Å². The Morgan fingerprint density at radius 3 is 1.92 bits per heavy atom. The standard InChI is InChI=1S/C13H24/c1-3-5-7-9-11-13-12-10-8-6-4-2/h3-4,6H,1,5,7-13H2,2H3. The van der Waals surface area contributed by atoms with Gasteiger partial charge in [-0.15, -0.1) is 6.58 Å². The first kappa shape index (κ1) is 12.5. The zero-order valence-corrected chi connectivity index (χ0v) is 9.10. The summed E-state index contributed by atoms with van der Waals surface area (Å²) in [6.45, 7) is 5.81. The molecule has 0 amide bonds. The molecule has 0 bridgehead atoms. The van der Waals surface area contributed by atoms with Crippen molar-refractivity contribution >= 4 is 0 Å². The Bertz CT molecular complexity index is 122. The van der Waals surface area contributed by atoms with Crippen LogP contribution in [0.5, 0.6) is 0 Å². The maximum absolute atomic E-state index is 3.72. The number of hydrogen-bond donors (Lipinski definition) is 0. The molecule has 0 nitrogen and oxygen atoms in total. The zero-order valence-electron chi connectivity index (χ0n) is 9.10. The normalized spacial score (nSPS) is 10.8. The van der Waals surface area contributed by atoms with Gasteiger partial charge in [0, 0.05) is 0 Å². The van der Waals surface area contributed by atoms with Crippen molar-refractivity contribution < 1.29 is 0 Å². The van der Waals surface area contributed by atoms with Crippen molar-refractivity contribution in [3.05, 3.63) is 24.8 Å². The lowest BCUT2D eigenvalue weighted by Gasteiger charge is -1.98. The highest BCUT2D eigenvalue weighted by Crippen LogP contribution is 2.08. The van der Waals surface area contributed by atoms with Gasteiger partial charge in [-0.2, -0.15) is 0 Å². The number of unbranched alkanes of at least 4 members (excludes halogenated alkanes) is 7. The summed E-state index contributed by atoms with van der Waals surface area (Å²) in [5.74, 6) is 0. The van der Waals surface area contributed by atoms with Crippen molar-refractivity contribution in [3.8, 4) is 0 Å². The molecule has 0 fully saturated rings. The Balaban J connectivity index is 2.87. The highest BCUT2D eigenvalue weighted by molar-refractivity contribution is 4.76. The van der Waals surface area contributed by atoms with E-state index in [9.17, 15) is 0 Å². The molecule has 0 rings (SSSR count). The second-order valence-electron chi connectivity index (χ2n) is 3.56. The first-order chi connectivity index (χ1) is 6.41. The molecular weight excluding hydrogens is 156 g/mol. The fourth-order valence-electron chi connectivity index (χ4n) is 1.42. The van der Waals surface area contributed by atoms with Gasteiger partial charge in [0.1, 0.15) is 0 Å². The molecule has 0 radical (unpaired) electrons. The lowest BCUT2D eigenvalue weighted by atomic mass is 10.1. The van der Waals surface area contributed by atoms with Crippen LogP contribution >= 0.6 is 0 Å². The van der Waals surface area contributed by atoms with Gasteiger partial charge in [-0.05, 0) is 32.6 Å². The lowest BCUT2D eigenvalue weighted by molar-refractivity contribution is 0.600. The molecule has 0 aliphatic carbocycles. The molecule has 76 valence electrons. The van der Waals surface area contributed by atoms with Crippen LogP contribution in [-0.4, -0.2) is 0 Å². The monoisotopic (exact) mass is 180 g/mol. The second kappa shape index (κ2) is 11.5. The summed E-state index contributed by atoms with van der Waals surface area (Å²) in [5.41, 5.74) is 0. The van der Waals surface area contributed by atoms with Gasteiger partial charge in [0.25, 0.3) is 0 Å². The first-order valence-electron chi connectivity index (χ1n) is 5.64. The van der Waals surface area contributed by atoms with E-state index in [-0.39, 0.29) is 0 Å². The molecule has 0 heteroatoms. The molecule has 0 unspecified atom stereocenters. The van der Waals surface area contributed by atoms with Crippen LogP contribution in [0.15, 0.2) is 24.8 Å². The van der Waals surface area contributed by atoms with E-state index in [0.29, 0.717) is 0 Å². The van der Waals surface area contributed by atoms with Crippen LogP contribution in [-0.2, 0) is 0 Å². The van der Waals surface area contributed by atoms with Gasteiger partial charge < -0.3 is 0 Å². The highest BCUT2D eigenvalue weighted by Gasteiger charge is 1.89. The molecule has 13 heavy (non-hydrogen) atoms. The van der Waals surface area contributed by atoms with Crippen LogP contribution in [0, 0.1) is 0 Å². The molecule has 0 N–H and O–H groups in total. The number of hydrogen-bond acceptors (Lipinski definition) is 0. The SMILES string of the molecule is C=CCCCCCCCCC=CC. The van der Waals surface area contributed by atoms with Gasteiger partial charge in [-0.3, -0.25) is 0 Å². The van der Waals surface area contributed by atoms with E-state index in [0.717, 1.165) is 0 Å². The van der Waals surface area contributed by atoms with Crippen molar-refractivity contribution in [2.45, 2.75) is 58.3 Å². The lowest BCUT2D eigenvalue weighted by Crippen LogP contribution is -1.78. The van der Waals surface area contributed by atoms with Crippen molar-refractivity contribution in [1.82, 2.24) is 0 Å². The first-order valence-corrected chi connectivity index (χ1v) is 5.64. The van der Waals surface area contributed by atoms with Gasteiger partial charge in [-0.25, -0.2) is 0 Å². The molecule has 0 aliphatic rings. The number of allylic oxidation sites excluding steroid dienone is 3. The molecule has 0 aromatic carbocycles. The van der Waals surface area contributed by atoms with Gasteiger partial charge in [-0.1, -0.05) is 43.9 Å². The zero-order chi connectivity index (χ0) is 9.78. The van der Waals surface area contributed by atoms with Crippen LogP contribution in [0.1, 0.15) is 58.3 Å². The minimum absolute atomic E-state index is 1.19. The quantitative estimate of drug-likeness (QED) is 0.351. The average molecular weight is 180 g/mol. The summed E-state index contributed by atoms with van der Waals surface area (Å²) in [4.78, 5) is 0. The Labute approximate surface area is 83.7 Å². The van der Waals surface area contributed by atoms with Gasteiger partial charge >= 0.3 is 0 Å². The topological polar surface area (TPSA) is 0 Å². The van der Waals surface area contributed by atoms with E-state index in [4.69, 9.17) is 0 Å². The highest BCUT2D eigenvalue weighted by atomic mass is 13.9. The Hall–Kier alpha value is -0.520. The van der Waals surface area contributed by atoms with Crippen molar-refractivity contribution in [2.75, 3.05) is 0 Å². The van der Waals surface area contributed by atoms with Gasteiger partial charge in [0.05, 0.1) is 0 Å². The summed E-state index contributed by atoms with van der Waals surface area (Å²) < 4.78 is 0. The summed E-state index contributed by atoms with van der Waals surface area (Å²) in [6.07, 6.45) is 17.2. The van der Waals surface area contributed by atoms with E-state index >= 15 is 0 Å². The number of rotatable bonds is 9. The maximum atomic E-state index is 3.72. The second-order valence-corrected chi connectivity index (χ2v) is 3.56. The third kappa shape index (κ3) is 11.5. The Kier molecular flexibility index (Phi) is 11.0. The molecule has 0 atom stereocenters. The smallest absolute Gasteiger partial charge is 0.0351 e. The van der Waals surface area contributed by atoms with E-state index in [1.165, 1.54) is 51.4 Å². The molecule has 0 spiro atoms. The Morgan fingerprint density at radius 1 is 0.846 bits per heavy atom. The Morgan fingerprint density at radius 2 is 1.38 bits per heavy atom. The fourth-order valence-corrected chi connectivity index (χ4v) is 1.42. The average Bonchev–Trinajstić information content (AvgIpc) is 2.16. The fraction of sp³-hybridized carbons (Fsp3) is 0.692. The maximum Gasteiger partial charge on any atom is -0.0351 e. The third-order valence-electron chi connectivity index (χ3n) is 2.26. The van der Waals surface area contributed by atoms with Crippen LogP contribution < -0.4 is 0 Å². The van der Waals surface area contributed by atoms with Crippen molar-refractivity contribution in [3.63, 3.8) is 0 Å². The molecule has 0 heterocycles. The molecule has 0 aromatic heterocycles. The minimum Gasteiger partial charge on any atom is -0.103 e. The van der Waals surface area contributed by atoms with E-state index < -0.39 is 0 Å². The summed E-state index contributed by atoms with van der Waals surface area (Å²) in [7, 11) is 0. The molecular formula is C13H24. The molecule has 0 saturated carbocycles. The third-order valence-corrected chi connectivity index (χ3v) is 2.26. The summed E-state index contributed by atoms with van der Waals surface area (Å²) in [6, 6.07) is 0. The molecule has 0 aliphatic heterocycles. The summed E-state index contributed by atoms with van der Waals surface area (Å²) in [5, 5.41) is 0. The van der Waals surface area contributed by atoms with Gasteiger partial charge in [0.15, 0.2) is 0 Å². The summed E-state index contributed by atoms with van der Waals surface area (Å²) >= 11 is 0. The van der Waals surface area contributed by atoms with Crippen LogP contribution in [0.25, 0.3) is 0 Å². The van der Waals surface area contributed by atoms with Crippen LogP contribution in [0.3, 0.4) is 0 Å². The minimum atomic E-state index is 1.19. The van der Waals surface area contributed by atoms with E-state index in [1.807, 2.05) is 6.08 Å². The molecule has 0 saturated heterocycles. The molecule has 0 aromatic rings. The van der Waals surface area contributed by atoms with Crippen LogP contribution in [0.4, 0.5) is 0 Å². The largest absolute Gasteiger partial charge is 0.103 e. The van der Waals surface area contributed by atoms with Crippen molar-refractivity contribution in [2.24, 2.45) is 0 Å².